The monoisotopic (exact) mass is 666 g/mol. The van der Waals surface area contributed by atoms with Crippen LogP contribution in [-0.4, -0.2) is 4.98 Å². The molecular weight excluding hydrogens is 629 g/mol. The summed E-state index contributed by atoms with van der Waals surface area (Å²) in [7, 11) is 0. The van der Waals surface area contributed by atoms with E-state index in [1.54, 1.807) is 0 Å². The summed E-state index contributed by atoms with van der Waals surface area (Å²) in [6, 6.07) is 62.0. The molecule has 52 heavy (non-hydrogen) atoms. The van der Waals surface area contributed by atoms with Crippen LogP contribution >= 0.6 is 0 Å². The second-order valence-electron chi connectivity index (χ2n) is 14.9. The van der Waals surface area contributed by atoms with Gasteiger partial charge >= 0.3 is 0 Å². The van der Waals surface area contributed by atoms with Crippen LogP contribution in [0.1, 0.15) is 48.6 Å². The zero-order valence-electron chi connectivity index (χ0n) is 29.6. The fraction of sp³-hybridized carbons (Fsp3) is 0.100. The lowest BCUT2D eigenvalue weighted by Crippen LogP contribution is -2.24. The van der Waals surface area contributed by atoms with Gasteiger partial charge in [-0.2, -0.15) is 0 Å². The molecule has 0 saturated carbocycles. The summed E-state index contributed by atoms with van der Waals surface area (Å²) in [5.41, 5.74) is 16.3. The van der Waals surface area contributed by atoms with Gasteiger partial charge in [-0.05, 0) is 104 Å². The molecule has 2 aliphatic rings. The van der Waals surface area contributed by atoms with Crippen LogP contribution in [0.2, 0.25) is 0 Å². The van der Waals surface area contributed by atoms with E-state index in [2.05, 4.69) is 196 Å². The van der Waals surface area contributed by atoms with Crippen LogP contribution in [0.25, 0.3) is 44.2 Å². The van der Waals surface area contributed by atoms with Crippen molar-refractivity contribution < 1.29 is 0 Å². The Bertz CT molecular complexity index is 2620. The van der Waals surface area contributed by atoms with Crippen molar-refractivity contribution in [2.45, 2.75) is 31.6 Å². The summed E-state index contributed by atoms with van der Waals surface area (Å²) in [6.07, 6.45) is 2.03. The highest BCUT2D eigenvalue weighted by molar-refractivity contribution is 5.98. The standard InChI is InChI=1S/C50H38N2/c1-49(2)45-30-34(35-25-29-48(51-32-35)52(37-16-5-4-6-17-37)47-23-13-15-33-14-7-8-18-38(33)47)24-27-41(45)42-28-26-36(31-46(42)49)50(3)43-21-11-9-19-39(43)40-20-10-12-22-44(40)50/h4-32H,1-3H3. The van der Waals surface area contributed by atoms with Gasteiger partial charge in [0.05, 0.1) is 5.69 Å². The molecule has 0 fully saturated rings. The van der Waals surface area contributed by atoms with Gasteiger partial charge in [0.2, 0.25) is 0 Å². The Hall–Kier alpha value is -6.25. The van der Waals surface area contributed by atoms with Gasteiger partial charge in [0.1, 0.15) is 5.82 Å². The van der Waals surface area contributed by atoms with Crippen molar-refractivity contribution in [2.75, 3.05) is 4.90 Å². The Morgan fingerprint density at radius 2 is 1.06 bits per heavy atom. The van der Waals surface area contributed by atoms with Crippen LogP contribution in [0.3, 0.4) is 0 Å². The molecule has 0 amide bonds. The number of nitrogens with zero attached hydrogens (tertiary/aromatic N) is 2. The number of para-hydroxylation sites is 1. The van der Waals surface area contributed by atoms with Gasteiger partial charge in [-0.1, -0.05) is 147 Å². The summed E-state index contributed by atoms with van der Waals surface area (Å²) in [6.45, 7) is 7.17. The molecule has 10 rings (SSSR count). The minimum atomic E-state index is -0.217. The summed E-state index contributed by atoms with van der Waals surface area (Å²) in [5, 5.41) is 2.40. The highest BCUT2D eigenvalue weighted by atomic mass is 15.2. The van der Waals surface area contributed by atoms with E-state index in [1.165, 1.54) is 66.4 Å². The SMILES string of the molecule is CC1(C)c2cc(-c3ccc(N(c4ccccc4)c4cccc5ccccc45)nc3)ccc2-c2ccc(C3(C)c4ccccc4-c4ccccc43)cc21. The molecule has 248 valence electrons. The zero-order valence-corrected chi connectivity index (χ0v) is 29.6. The van der Waals surface area contributed by atoms with Gasteiger partial charge < -0.3 is 0 Å². The number of fused-ring (bicyclic) bond motifs is 7. The van der Waals surface area contributed by atoms with Crippen molar-refractivity contribution in [3.63, 3.8) is 0 Å². The molecule has 8 aromatic rings. The summed E-state index contributed by atoms with van der Waals surface area (Å²) >= 11 is 0. The van der Waals surface area contributed by atoms with Gasteiger partial charge in [0.15, 0.2) is 0 Å². The van der Waals surface area contributed by atoms with E-state index in [4.69, 9.17) is 4.98 Å². The molecule has 2 aliphatic carbocycles. The third kappa shape index (κ3) is 4.40. The second-order valence-corrected chi connectivity index (χ2v) is 14.9. The third-order valence-electron chi connectivity index (χ3n) is 11.8. The first kappa shape index (κ1) is 30.6. The Balaban J connectivity index is 1.02. The first-order valence-corrected chi connectivity index (χ1v) is 18.2. The maximum atomic E-state index is 5.11. The molecule has 1 heterocycles. The lowest BCUT2D eigenvalue weighted by atomic mass is 9.72. The van der Waals surface area contributed by atoms with Gasteiger partial charge in [-0.25, -0.2) is 4.98 Å². The second kappa shape index (κ2) is 11.4. The Labute approximate surface area is 305 Å². The highest BCUT2D eigenvalue weighted by Gasteiger charge is 2.43. The van der Waals surface area contributed by atoms with E-state index in [0.29, 0.717) is 0 Å². The van der Waals surface area contributed by atoms with Crippen LogP contribution < -0.4 is 4.90 Å². The number of anilines is 3. The van der Waals surface area contributed by atoms with Crippen LogP contribution in [0.4, 0.5) is 17.2 Å². The number of hydrogen-bond donors (Lipinski definition) is 0. The number of aromatic nitrogens is 1. The van der Waals surface area contributed by atoms with E-state index < -0.39 is 0 Å². The average molecular weight is 667 g/mol. The number of benzene rings is 7. The van der Waals surface area contributed by atoms with Crippen molar-refractivity contribution in [1.29, 1.82) is 0 Å². The number of pyridine rings is 1. The topological polar surface area (TPSA) is 16.1 Å². The summed E-state index contributed by atoms with van der Waals surface area (Å²) in [4.78, 5) is 7.37. The van der Waals surface area contributed by atoms with E-state index in [9.17, 15) is 0 Å². The van der Waals surface area contributed by atoms with Crippen LogP contribution in [0, 0.1) is 0 Å². The van der Waals surface area contributed by atoms with Gasteiger partial charge in [-0.15, -0.1) is 0 Å². The smallest absolute Gasteiger partial charge is 0.137 e. The molecule has 7 aromatic carbocycles. The van der Waals surface area contributed by atoms with E-state index in [-0.39, 0.29) is 10.8 Å². The Morgan fingerprint density at radius 1 is 0.462 bits per heavy atom. The molecular formula is C50H38N2. The van der Waals surface area contributed by atoms with E-state index in [1.807, 2.05) is 6.20 Å². The third-order valence-corrected chi connectivity index (χ3v) is 11.8. The largest absolute Gasteiger partial charge is 0.294 e. The number of hydrogen-bond acceptors (Lipinski definition) is 2. The normalized spacial score (nSPS) is 14.4. The van der Waals surface area contributed by atoms with Crippen molar-refractivity contribution in [3.8, 4) is 33.4 Å². The first-order chi connectivity index (χ1) is 25.4. The summed E-state index contributed by atoms with van der Waals surface area (Å²) < 4.78 is 0. The predicted octanol–water partition coefficient (Wildman–Crippen LogP) is 13.0. The zero-order chi connectivity index (χ0) is 35.0. The molecule has 2 heteroatoms. The van der Waals surface area contributed by atoms with Crippen molar-refractivity contribution in [2.24, 2.45) is 0 Å². The lowest BCUT2D eigenvalue weighted by Gasteiger charge is -2.30. The summed E-state index contributed by atoms with van der Waals surface area (Å²) in [5.74, 6) is 0.885. The fourth-order valence-corrected chi connectivity index (χ4v) is 9.06. The van der Waals surface area contributed by atoms with Crippen LogP contribution in [-0.2, 0) is 10.8 Å². The Kier molecular flexibility index (Phi) is 6.69. The van der Waals surface area contributed by atoms with Crippen molar-refractivity contribution in [3.05, 3.63) is 204 Å². The molecule has 0 atom stereocenters. The fourth-order valence-electron chi connectivity index (χ4n) is 9.06. The van der Waals surface area contributed by atoms with Crippen LogP contribution in [0.15, 0.2) is 176 Å². The molecule has 0 N–H and O–H groups in total. The first-order valence-electron chi connectivity index (χ1n) is 18.2. The maximum Gasteiger partial charge on any atom is 0.137 e. The van der Waals surface area contributed by atoms with Crippen LogP contribution in [0.5, 0.6) is 0 Å². The quantitative estimate of drug-likeness (QED) is 0.182. The average Bonchev–Trinajstić information content (AvgIpc) is 3.60. The van der Waals surface area contributed by atoms with Crippen molar-refractivity contribution >= 4 is 28.0 Å². The van der Waals surface area contributed by atoms with E-state index >= 15 is 0 Å². The van der Waals surface area contributed by atoms with Gasteiger partial charge in [-0.3, -0.25) is 4.90 Å². The van der Waals surface area contributed by atoms with Gasteiger partial charge in [0, 0.05) is 33.7 Å². The Morgan fingerprint density at radius 3 is 1.79 bits per heavy atom. The molecule has 0 bridgehead atoms. The van der Waals surface area contributed by atoms with Crippen molar-refractivity contribution in [1.82, 2.24) is 4.98 Å². The molecule has 0 unspecified atom stereocenters. The van der Waals surface area contributed by atoms with E-state index in [0.717, 1.165) is 22.8 Å². The number of rotatable bonds is 5. The minimum Gasteiger partial charge on any atom is -0.294 e. The molecule has 2 nitrogen and oxygen atoms in total. The lowest BCUT2D eigenvalue weighted by molar-refractivity contribution is 0.652. The molecule has 0 aliphatic heterocycles. The highest BCUT2D eigenvalue weighted by Crippen LogP contribution is 2.55. The minimum absolute atomic E-state index is 0.156. The van der Waals surface area contributed by atoms with Gasteiger partial charge in [0.25, 0.3) is 0 Å². The molecule has 0 radical (unpaired) electrons. The molecule has 0 spiro atoms. The molecule has 1 aromatic heterocycles. The predicted molar refractivity (Wildman–Crippen MR) is 217 cm³/mol. The maximum absolute atomic E-state index is 5.11. The molecule has 0 saturated heterocycles.